The summed E-state index contributed by atoms with van der Waals surface area (Å²) < 4.78 is 14.5. The molecule has 1 amide bonds. The van der Waals surface area contributed by atoms with Gasteiger partial charge in [0.1, 0.15) is 6.67 Å². The first kappa shape index (κ1) is 21.1. The fraction of sp³-hybridized carbons (Fsp3) is 0.333. The fourth-order valence-corrected chi connectivity index (χ4v) is 4.25. The second-order valence-corrected chi connectivity index (χ2v) is 8.43. The minimum Gasteiger partial charge on any atom is -0.336 e. The molecule has 1 aliphatic heterocycles. The molecule has 1 saturated heterocycles. The quantitative estimate of drug-likeness (QED) is 0.649. The molecule has 33 heavy (non-hydrogen) atoms. The Morgan fingerprint density at radius 2 is 1.94 bits per heavy atom. The molecule has 2 aromatic heterocycles. The molecule has 2 aliphatic rings. The lowest BCUT2D eigenvalue weighted by Crippen LogP contribution is -2.49. The zero-order valence-electron chi connectivity index (χ0n) is 18.0. The Kier molecular flexibility index (Phi) is 5.52. The van der Waals surface area contributed by atoms with Gasteiger partial charge in [0, 0.05) is 55.6 Å². The molecule has 0 atom stereocenters. The maximum absolute atomic E-state index is 13.2. The van der Waals surface area contributed by atoms with Gasteiger partial charge in [0.05, 0.1) is 22.9 Å². The summed E-state index contributed by atoms with van der Waals surface area (Å²) in [4.78, 5) is 34.0. The molecule has 0 radical (unpaired) electrons. The van der Waals surface area contributed by atoms with Crippen molar-refractivity contribution in [2.75, 3.05) is 26.2 Å². The Balaban J connectivity index is 1.32. The zero-order chi connectivity index (χ0) is 22.9. The summed E-state index contributed by atoms with van der Waals surface area (Å²) in [6, 6.07) is 12.1. The van der Waals surface area contributed by atoms with Gasteiger partial charge >= 0.3 is 0 Å². The van der Waals surface area contributed by atoms with Crippen LogP contribution in [-0.2, 0) is 6.67 Å². The number of nitrogens with zero attached hydrogens (tertiary/aromatic N) is 5. The summed E-state index contributed by atoms with van der Waals surface area (Å²) in [5.41, 5.74) is 1.75. The van der Waals surface area contributed by atoms with Crippen molar-refractivity contribution in [1.82, 2.24) is 24.6 Å². The monoisotopic (exact) mass is 446 g/mol. The molecule has 0 bridgehead atoms. The van der Waals surface area contributed by atoms with Crippen LogP contribution in [0.15, 0.2) is 47.4 Å². The first-order chi connectivity index (χ1) is 16.1. The average Bonchev–Trinajstić information content (AvgIpc) is 3.65. The number of nitrogens with one attached hydrogen (secondary N) is 1. The minimum absolute atomic E-state index is 0.0552. The van der Waals surface area contributed by atoms with Crippen LogP contribution >= 0.6 is 0 Å². The highest BCUT2D eigenvalue weighted by molar-refractivity contribution is 5.94. The van der Waals surface area contributed by atoms with Crippen LogP contribution < -0.4 is 5.56 Å². The van der Waals surface area contributed by atoms with Crippen molar-refractivity contribution in [2.24, 2.45) is 0 Å². The van der Waals surface area contributed by atoms with E-state index in [9.17, 15) is 14.0 Å². The van der Waals surface area contributed by atoms with Crippen LogP contribution in [0.4, 0.5) is 4.39 Å². The van der Waals surface area contributed by atoms with E-state index >= 15 is 0 Å². The predicted octanol–water partition coefficient (Wildman–Crippen LogP) is 2.49. The number of carbonyl (C=O) groups is 1. The standard InChI is InChI=1S/C24H23FN6O2/c25-13-19-11-16(1-2-17(19)14-26)21-12-23(32)31(28-21)22-6-3-18(15-27-22)24(33)30-9-7-29(8-10-30)20-4-5-20/h1-3,6,11-12,15,20,28H,4-5,7-10,13H2. The second kappa shape index (κ2) is 8.64. The van der Waals surface area contributed by atoms with E-state index < -0.39 is 6.67 Å². The van der Waals surface area contributed by atoms with E-state index in [2.05, 4.69) is 15.0 Å². The summed E-state index contributed by atoms with van der Waals surface area (Å²) in [6.07, 6.45) is 4.02. The molecule has 3 heterocycles. The molecular weight excluding hydrogens is 423 g/mol. The van der Waals surface area contributed by atoms with Crippen LogP contribution in [0.25, 0.3) is 17.1 Å². The number of halogens is 1. The lowest BCUT2D eigenvalue weighted by molar-refractivity contribution is 0.0627. The number of carbonyl (C=O) groups excluding carboxylic acids is 1. The van der Waals surface area contributed by atoms with Crippen molar-refractivity contribution in [3.8, 4) is 23.1 Å². The highest BCUT2D eigenvalue weighted by atomic mass is 19.1. The van der Waals surface area contributed by atoms with Gasteiger partial charge < -0.3 is 4.90 Å². The number of hydrogen-bond acceptors (Lipinski definition) is 5. The van der Waals surface area contributed by atoms with E-state index in [1.54, 1.807) is 24.3 Å². The third kappa shape index (κ3) is 4.17. The van der Waals surface area contributed by atoms with Gasteiger partial charge in [0.25, 0.3) is 11.5 Å². The molecule has 0 spiro atoms. The van der Waals surface area contributed by atoms with Crippen molar-refractivity contribution in [1.29, 1.82) is 5.26 Å². The summed E-state index contributed by atoms with van der Waals surface area (Å²) in [5, 5.41) is 12.0. The van der Waals surface area contributed by atoms with E-state index in [0.29, 0.717) is 41.8 Å². The Morgan fingerprint density at radius 1 is 1.15 bits per heavy atom. The van der Waals surface area contributed by atoms with Crippen LogP contribution in [-0.4, -0.2) is 62.7 Å². The van der Waals surface area contributed by atoms with Gasteiger partial charge in [-0.05, 0) is 37.1 Å². The van der Waals surface area contributed by atoms with Crippen molar-refractivity contribution >= 4 is 5.91 Å². The highest BCUT2D eigenvalue weighted by Crippen LogP contribution is 2.27. The normalized spacial score (nSPS) is 16.5. The fourth-order valence-electron chi connectivity index (χ4n) is 4.25. The largest absolute Gasteiger partial charge is 0.336 e. The van der Waals surface area contributed by atoms with E-state index in [-0.39, 0.29) is 22.6 Å². The number of alkyl halides is 1. The summed E-state index contributed by atoms with van der Waals surface area (Å²) in [5.74, 6) is 0.293. The summed E-state index contributed by atoms with van der Waals surface area (Å²) >= 11 is 0. The van der Waals surface area contributed by atoms with Gasteiger partial charge in [-0.3, -0.25) is 19.6 Å². The maximum Gasteiger partial charge on any atom is 0.273 e. The number of H-pyrrole nitrogens is 1. The van der Waals surface area contributed by atoms with Crippen LogP contribution in [0.2, 0.25) is 0 Å². The number of pyridine rings is 1. The molecule has 5 rings (SSSR count). The molecule has 168 valence electrons. The van der Waals surface area contributed by atoms with Crippen molar-refractivity contribution in [3.63, 3.8) is 0 Å². The van der Waals surface area contributed by atoms with Gasteiger partial charge in [-0.25, -0.2) is 14.1 Å². The van der Waals surface area contributed by atoms with Crippen LogP contribution in [0.5, 0.6) is 0 Å². The molecule has 3 aromatic rings. The molecule has 1 N–H and O–H groups in total. The predicted molar refractivity (Wildman–Crippen MR) is 120 cm³/mol. The molecule has 9 heteroatoms. The smallest absolute Gasteiger partial charge is 0.273 e. The summed E-state index contributed by atoms with van der Waals surface area (Å²) in [7, 11) is 0. The number of aromatic nitrogens is 3. The summed E-state index contributed by atoms with van der Waals surface area (Å²) in [6.45, 7) is 2.46. The molecule has 2 fully saturated rings. The van der Waals surface area contributed by atoms with E-state index in [1.807, 2.05) is 11.0 Å². The minimum atomic E-state index is -0.769. The van der Waals surface area contributed by atoms with Gasteiger partial charge in [0.2, 0.25) is 0 Å². The number of nitriles is 1. The molecule has 8 nitrogen and oxygen atoms in total. The van der Waals surface area contributed by atoms with E-state index in [4.69, 9.17) is 5.26 Å². The van der Waals surface area contributed by atoms with Crippen LogP contribution in [0.1, 0.15) is 34.3 Å². The molecular formula is C24H23FN6O2. The van der Waals surface area contributed by atoms with Gasteiger partial charge in [-0.1, -0.05) is 6.07 Å². The third-order valence-corrected chi connectivity index (χ3v) is 6.29. The Morgan fingerprint density at radius 3 is 2.58 bits per heavy atom. The number of rotatable bonds is 5. The Bertz CT molecular complexity index is 1280. The van der Waals surface area contributed by atoms with Gasteiger partial charge in [0.15, 0.2) is 5.82 Å². The van der Waals surface area contributed by atoms with Gasteiger partial charge in [-0.2, -0.15) is 5.26 Å². The third-order valence-electron chi connectivity index (χ3n) is 6.29. The van der Waals surface area contributed by atoms with Crippen molar-refractivity contribution < 1.29 is 9.18 Å². The first-order valence-corrected chi connectivity index (χ1v) is 11.0. The van der Waals surface area contributed by atoms with Crippen LogP contribution in [0.3, 0.4) is 0 Å². The first-order valence-electron chi connectivity index (χ1n) is 11.0. The topological polar surface area (TPSA) is 98.0 Å². The number of hydrogen-bond donors (Lipinski definition) is 1. The lowest BCUT2D eigenvalue weighted by atomic mass is 10.0. The number of aromatic amines is 1. The SMILES string of the molecule is N#Cc1ccc(-c2cc(=O)n(-c3ccc(C(=O)N4CCN(C5CC5)CC4)cn3)[nH]2)cc1CF. The van der Waals surface area contributed by atoms with Crippen molar-refractivity contribution in [3.05, 3.63) is 69.6 Å². The molecule has 1 saturated carbocycles. The zero-order valence-corrected chi connectivity index (χ0v) is 18.0. The molecule has 1 aromatic carbocycles. The lowest BCUT2D eigenvalue weighted by Gasteiger charge is -2.34. The maximum atomic E-state index is 13.2. The molecule has 0 unspecified atom stereocenters. The van der Waals surface area contributed by atoms with Gasteiger partial charge in [-0.15, -0.1) is 0 Å². The second-order valence-electron chi connectivity index (χ2n) is 8.43. The average molecular weight is 446 g/mol. The van der Waals surface area contributed by atoms with Crippen molar-refractivity contribution in [2.45, 2.75) is 25.6 Å². The van der Waals surface area contributed by atoms with Crippen LogP contribution in [0, 0.1) is 11.3 Å². The Hall–Kier alpha value is -3.77. The van der Waals surface area contributed by atoms with E-state index in [1.165, 1.54) is 35.9 Å². The Labute approximate surface area is 189 Å². The number of amides is 1. The number of piperazine rings is 1. The molecule has 1 aliphatic carbocycles. The number of benzene rings is 1. The van der Waals surface area contributed by atoms with E-state index in [0.717, 1.165) is 13.1 Å². The highest BCUT2D eigenvalue weighted by Gasteiger charge is 2.32.